The van der Waals surface area contributed by atoms with Crippen LogP contribution in [-0.4, -0.2) is 36.0 Å². The number of carbonyl (C=O) groups is 1. The van der Waals surface area contributed by atoms with Crippen LogP contribution in [0.3, 0.4) is 0 Å². The Balaban J connectivity index is 1.61. The molecule has 2 aliphatic heterocycles. The highest BCUT2D eigenvalue weighted by molar-refractivity contribution is 5.82. The number of fused-ring (bicyclic) bond motifs is 1. The van der Waals surface area contributed by atoms with E-state index in [4.69, 9.17) is 0 Å². The molecule has 3 rings (SSSR count). The number of amides is 1. The zero-order chi connectivity index (χ0) is 11.0. The van der Waals surface area contributed by atoms with Crippen LogP contribution in [0.15, 0.2) is 0 Å². The zero-order valence-corrected chi connectivity index (χ0v) is 9.95. The van der Waals surface area contributed by atoms with Crippen LogP contribution >= 0.6 is 0 Å². The van der Waals surface area contributed by atoms with Gasteiger partial charge in [-0.25, -0.2) is 0 Å². The smallest absolute Gasteiger partial charge is 0.239 e. The van der Waals surface area contributed by atoms with E-state index in [0.29, 0.717) is 11.9 Å². The summed E-state index contributed by atoms with van der Waals surface area (Å²) in [5.74, 6) is 1.16. The summed E-state index contributed by atoms with van der Waals surface area (Å²) in [7, 11) is 0. The minimum absolute atomic E-state index is 0.145. The molecule has 0 aromatic rings. The molecule has 3 atom stereocenters. The maximum absolute atomic E-state index is 12.3. The molecule has 0 aromatic heterocycles. The number of rotatable bonds is 1. The molecule has 1 amide bonds. The van der Waals surface area contributed by atoms with Crippen LogP contribution in [0.1, 0.15) is 44.9 Å². The Morgan fingerprint density at radius 3 is 2.56 bits per heavy atom. The quantitative estimate of drug-likeness (QED) is 0.729. The third kappa shape index (κ3) is 1.86. The summed E-state index contributed by atoms with van der Waals surface area (Å²) in [6.45, 7) is 1.98. The fourth-order valence-electron chi connectivity index (χ4n) is 3.67. The van der Waals surface area contributed by atoms with Crippen molar-refractivity contribution in [3.05, 3.63) is 0 Å². The lowest BCUT2D eigenvalue weighted by Crippen LogP contribution is -2.44. The van der Waals surface area contributed by atoms with Crippen molar-refractivity contribution < 1.29 is 4.79 Å². The summed E-state index contributed by atoms with van der Waals surface area (Å²) in [5, 5.41) is 3.58. The number of likely N-dealkylation sites (tertiary alicyclic amines) is 1. The minimum Gasteiger partial charge on any atom is -0.341 e. The van der Waals surface area contributed by atoms with E-state index in [1.807, 2.05) is 0 Å². The highest BCUT2D eigenvalue weighted by Crippen LogP contribution is 2.33. The molecule has 1 saturated carbocycles. The molecule has 0 radical (unpaired) electrons. The highest BCUT2D eigenvalue weighted by atomic mass is 16.2. The van der Waals surface area contributed by atoms with Gasteiger partial charge in [0.15, 0.2) is 0 Å². The van der Waals surface area contributed by atoms with Crippen molar-refractivity contribution in [2.45, 2.75) is 57.0 Å². The molecule has 90 valence electrons. The van der Waals surface area contributed by atoms with Crippen LogP contribution in [0.5, 0.6) is 0 Å². The Morgan fingerprint density at radius 1 is 1.06 bits per heavy atom. The van der Waals surface area contributed by atoms with Crippen molar-refractivity contribution in [2.75, 3.05) is 13.1 Å². The Bertz CT molecular complexity index is 259. The van der Waals surface area contributed by atoms with E-state index < -0.39 is 0 Å². The van der Waals surface area contributed by atoms with Gasteiger partial charge in [0.2, 0.25) is 5.91 Å². The van der Waals surface area contributed by atoms with Crippen molar-refractivity contribution in [1.82, 2.24) is 10.2 Å². The van der Waals surface area contributed by atoms with E-state index in [0.717, 1.165) is 25.4 Å². The maximum atomic E-state index is 12.3. The van der Waals surface area contributed by atoms with Gasteiger partial charge in [0.05, 0.1) is 6.04 Å². The number of nitrogens with one attached hydrogen (secondary N) is 1. The average molecular weight is 222 g/mol. The van der Waals surface area contributed by atoms with Crippen molar-refractivity contribution in [2.24, 2.45) is 5.92 Å². The number of hydrogen-bond acceptors (Lipinski definition) is 2. The van der Waals surface area contributed by atoms with Crippen LogP contribution in [0.4, 0.5) is 0 Å². The maximum Gasteiger partial charge on any atom is 0.239 e. The summed E-state index contributed by atoms with van der Waals surface area (Å²) < 4.78 is 0. The molecular formula is C13H22N2O. The topological polar surface area (TPSA) is 32.3 Å². The Labute approximate surface area is 97.6 Å². The van der Waals surface area contributed by atoms with E-state index in [9.17, 15) is 4.79 Å². The lowest BCUT2D eigenvalue weighted by atomic mass is 9.85. The average Bonchev–Trinajstić information content (AvgIpc) is 2.97. The third-order valence-electron chi connectivity index (χ3n) is 4.58. The number of carbonyl (C=O) groups excluding carboxylic acids is 1. The van der Waals surface area contributed by atoms with Crippen LogP contribution in [0, 0.1) is 5.92 Å². The van der Waals surface area contributed by atoms with E-state index in [1.165, 1.54) is 38.5 Å². The predicted molar refractivity (Wildman–Crippen MR) is 63.1 cm³/mol. The van der Waals surface area contributed by atoms with Gasteiger partial charge >= 0.3 is 0 Å². The predicted octanol–water partition coefficient (Wildman–Crippen LogP) is 1.53. The van der Waals surface area contributed by atoms with Gasteiger partial charge in [-0.2, -0.15) is 0 Å². The van der Waals surface area contributed by atoms with Crippen molar-refractivity contribution in [3.63, 3.8) is 0 Å². The van der Waals surface area contributed by atoms with Crippen molar-refractivity contribution in [3.8, 4) is 0 Å². The molecule has 1 N–H and O–H groups in total. The first-order valence-electron chi connectivity index (χ1n) is 6.89. The summed E-state index contributed by atoms with van der Waals surface area (Å²) in [6, 6.07) is 0.788. The van der Waals surface area contributed by atoms with Gasteiger partial charge in [-0.15, -0.1) is 0 Å². The van der Waals surface area contributed by atoms with Crippen LogP contribution in [-0.2, 0) is 4.79 Å². The fraction of sp³-hybridized carbons (Fsp3) is 0.923. The van der Waals surface area contributed by atoms with E-state index in [-0.39, 0.29) is 6.04 Å². The van der Waals surface area contributed by atoms with Crippen LogP contribution in [0.2, 0.25) is 0 Å². The molecule has 0 bridgehead atoms. The first kappa shape index (κ1) is 10.6. The number of nitrogens with zero attached hydrogens (tertiary/aromatic N) is 1. The molecular weight excluding hydrogens is 200 g/mol. The highest BCUT2D eigenvalue weighted by Gasteiger charge is 2.39. The fourth-order valence-corrected chi connectivity index (χ4v) is 3.67. The molecule has 2 heterocycles. The monoisotopic (exact) mass is 222 g/mol. The second-order valence-electron chi connectivity index (χ2n) is 5.64. The molecule has 3 aliphatic rings. The zero-order valence-electron chi connectivity index (χ0n) is 9.95. The van der Waals surface area contributed by atoms with Gasteiger partial charge in [0.1, 0.15) is 0 Å². The summed E-state index contributed by atoms with van der Waals surface area (Å²) in [6.07, 6.45) is 8.83. The molecule has 1 aliphatic carbocycles. The molecule has 3 fully saturated rings. The first-order chi connectivity index (χ1) is 7.84. The lowest BCUT2D eigenvalue weighted by Gasteiger charge is -2.24. The first-order valence-corrected chi connectivity index (χ1v) is 6.89. The number of hydrogen-bond donors (Lipinski definition) is 1. The van der Waals surface area contributed by atoms with E-state index in [1.54, 1.807) is 0 Å². The van der Waals surface area contributed by atoms with Crippen molar-refractivity contribution >= 4 is 5.91 Å². The minimum atomic E-state index is 0.145. The molecule has 0 spiro atoms. The van der Waals surface area contributed by atoms with Gasteiger partial charge in [-0.3, -0.25) is 4.79 Å². The lowest BCUT2D eigenvalue weighted by molar-refractivity contribution is -0.132. The molecule has 3 nitrogen and oxygen atoms in total. The normalized spacial score (nSPS) is 38.8. The van der Waals surface area contributed by atoms with Gasteiger partial charge in [0.25, 0.3) is 0 Å². The summed E-state index contributed by atoms with van der Waals surface area (Å²) >= 11 is 0. The molecule has 16 heavy (non-hydrogen) atoms. The summed E-state index contributed by atoms with van der Waals surface area (Å²) in [5.41, 5.74) is 0. The Morgan fingerprint density at radius 2 is 1.81 bits per heavy atom. The van der Waals surface area contributed by atoms with Gasteiger partial charge in [-0.1, -0.05) is 12.8 Å². The van der Waals surface area contributed by atoms with Crippen LogP contribution < -0.4 is 5.32 Å². The molecule has 2 saturated heterocycles. The van der Waals surface area contributed by atoms with Crippen LogP contribution in [0.25, 0.3) is 0 Å². The standard InChI is InChI=1S/C13H22N2O/c16-13(15-7-3-4-8-15)12-9-10-5-1-2-6-11(10)14-12/h10-12,14H,1-9H2/t10-,11-,12-/m0/s1. The second kappa shape index (κ2) is 4.36. The van der Waals surface area contributed by atoms with Gasteiger partial charge in [0, 0.05) is 19.1 Å². The van der Waals surface area contributed by atoms with E-state index >= 15 is 0 Å². The van der Waals surface area contributed by atoms with Gasteiger partial charge in [-0.05, 0) is 38.0 Å². The Hall–Kier alpha value is -0.570. The Kier molecular flexibility index (Phi) is 2.88. The third-order valence-corrected chi connectivity index (χ3v) is 4.58. The summed E-state index contributed by atoms with van der Waals surface area (Å²) in [4.78, 5) is 14.3. The SMILES string of the molecule is O=C([C@@H]1C[C@@H]2CCCC[C@@H]2N1)N1CCCC1. The molecule has 3 heteroatoms. The molecule has 0 unspecified atom stereocenters. The largest absolute Gasteiger partial charge is 0.341 e. The van der Waals surface area contributed by atoms with Crippen molar-refractivity contribution in [1.29, 1.82) is 0 Å². The molecule has 0 aromatic carbocycles. The second-order valence-corrected chi connectivity index (χ2v) is 5.64. The van der Waals surface area contributed by atoms with E-state index in [2.05, 4.69) is 10.2 Å². The van der Waals surface area contributed by atoms with Gasteiger partial charge < -0.3 is 10.2 Å².